The van der Waals surface area contributed by atoms with Crippen molar-refractivity contribution in [2.24, 2.45) is 25.6 Å². The van der Waals surface area contributed by atoms with E-state index in [1.54, 1.807) is 83.6 Å². The number of imidazole rings is 2. The number of ether oxygens (including phenoxy) is 2. The summed E-state index contributed by atoms with van der Waals surface area (Å²) in [4.78, 5) is 132. The van der Waals surface area contributed by atoms with Crippen molar-refractivity contribution in [1.29, 1.82) is 0 Å². The van der Waals surface area contributed by atoms with Gasteiger partial charge in [0.05, 0.1) is 148 Å². The predicted molar refractivity (Wildman–Crippen MR) is 528 cm³/mol. The third kappa shape index (κ3) is 17.3. The van der Waals surface area contributed by atoms with Crippen LogP contribution in [0.2, 0.25) is 0 Å². The van der Waals surface area contributed by atoms with Gasteiger partial charge in [0, 0.05) is 211 Å². The lowest BCUT2D eigenvalue weighted by molar-refractivity contribution is -0.118. The van der Waals surface area contributed by atoms with Crippen LogP contribution in [-0.4, -0.2) is 212 Å². The summed E-state index contributed by atoms with van der Waals surface area (Å²) in [6.45, 7) is 9.54. The van der Waals surface area contributed by atoms with Gasteiger partial charge in [-0.15, -0.1) is 0 Å². The number of nitrogens with one attached hydrogen (secondary N) is 9. The molecule has 141 heavy (non-hydrogen) atoms. The molecule has 4 atom stereocenters. The van der Waals surface area contributed by atoms with Crippen molar-refractivity contribution in [3.8, 4) is 45.0 Å². The summed E-state index contributed by atoms with van der Waals surface area (Å²) in [5, 5.41) is 30.2. The number of hydrogen-bond acceptors (Lipinski definition) is 28. The van der Waals surface area contributed by atoms with Crippen molar-refractivity contribution in [2.75, 3.05) is 121 Å². The number of pyridine rings is 10. The maximum atomic E-state index is 13.7. The van der Waals surface area contributed by atoms with E-state index in [0.29, 0.717) is 176 Å². The van der Waals surface area contributed by atoms with Gasteiger partial charge in [-0.1, -0.05) is 24.3 Å². The van der Waals surface area contributed by atoms with Crippen molar-refractivity contribution in [3.63, 3.8) is 0 Å². The number of amides is 6. The first kappa shape index (κ1) is 89.5. The Morgan fingerprint density at radius 3 is 1.45 bits per heavy atom. The van der Waals surface area contributed by atoms with Gasteiger partial charge in [-0.05, 0) is 122 Å². The second-order valence-electron chi connectivity index (χ2n) is 35.9. The minimum Gasteiger partial charge on any atom is -0.378 e. The van der Waals surface area contributed by atoms with Crippen molar-refractivity contribution >= 4 is 138 Å². The molecule has 0 unspecified atom stereocenters. The number of fused-ring (bicyclic) bond motifs is 9. The Bertz CT molecular complexity index is 7510. The highest BCUT2D eigenvalue weighted by molar-refractivity contribution is 6.10. The average Bonchev–Trinajstić information content (AvgIpc) is 1.62. The SMILES string of the molecule is CN(C)Cc1nc(Nc2ccc(-c3cnc4cc(F)ccn34)c3c2C(=O)NC3)ccc1N1CCOCC1.Cn1ccc2c(-c3ncc(Nc4cccc(N5C[C@@H](N)CC5=O)n4)c4c3CNC4=O)ccnc21.Cn1ccc2c(-c3ncc(Nc4cccc(N5C[C@H](N)CC5=O)n4)c4c3CNC4=O)ccnc21.O=C1NCc2c(-c3cnc4cc(F)ccn34)ccc(Nc3ccc(N4CCO[C@H]5CNC[C@H]54)cn3)c21. The van der Waals surface area contributed by atoms with E-state index in [9.17, 15) is 37.5 Å². The number of benzene rings is 2. The first-order valence-electron chi connectivity index (χ1n) is 46.3. The molecule has 14 aromatic heterocycles. The second-order valence-corrected chi connectivity index (χ2v) is 35.9. The van der Waals surface area contributed by atoms with Gasteiger partial charge in [-0.25, -0.2) is 48.7 Å². The summed E-state index contributed by atoms with van der Waals surface area (Å²) < 4.78 is 46.3. The van der Waals surface area contributed by atoms with Crippen molar-refractivity contribution in [1.82, 2.24) is 99.3 Å². The molecule has 0 bridgehead atoms. The molecule has 0 aliphatic carbocycles. The minimum atomic E-state index is -0.341. The Kier molecular flexibility index (Phi) is 23.7. The van der Waals surface area contributed by atoms with Crippen LogP contribution >= 0.6 is 0 Å². The molecule has 2 aromatic carbocycles. The standard InChI is InChI=1S/C27H28FN7O2.C26H24FN7O2.2C24H22N8O2/c1-33(2)16-21-22(34-9-11-37-12-10-34)5-6-24(32-21)31-20-4-3-18(19-14-30-27(36)26(19)20)23-15-29-25-13-17(28)7-8-35(23)25;27-15-5-6-34-20(13-30-24(34)9-15)17-2-3-19(25-18(17)11-31-26(25)35)32-23-4-1-16(10-29-23)33-7-8-36-22-14-28-12-21(22)33;2*1-31-8-6-15-14(5-7-26-23(15)31)22-16-10-28-24(34)21(16)17(11-27-22)29-18-3-2-4-19(30-18)32-12-13(25)9-20(32)33/h3-8,13,15H,9-12,14,16H2,1-2H3,(H,30,36)(H,31,32);1-6,9-10,13,21-22,28H,7-8,11-12,14H2,(H,29,32)(H,31,35);2*2-8,11,13H,9-10,12,25H2,1H3,(H,28,34)(H,29,30)/t;21-,22+;2*13-/m.110/s1. The van der Waals surface area contributed by atoms with Gasteiger partial charge in [-0.3, -0.25) is 57.3 Å². The molecule has 40 heteroatoms. The van der Waals surface area contributed by atoms with E-state index >= 15 is 0 Å². The number of morpholine rings is 2. The summed E-state index contributed by atoms with van der Waals surface area (Å²) >= 11 is 0. The van der Waals surface area contributed by atoms with Crippen molar-refractivity contribution in [2.45, 2.75) is 69.8 Å². The summed E-state index contributed by atoms with van der Waals surface area (Å²) in [5.41, 5.74) is 32.6. The monoisotopic (exact) mass is 1890 g/mol. The first-order valence-corrected chi connectivity index (χ1v) is 46.3. The molecule has 0 spiro atoms. The molecular weight excluding hydrogens is 1800 g/mol. The highest BCUT2D eigenvalue weighted by atomic mass is 19.1. The zero-order valence-electron chi connectivity index (χ0n) is 77.1. The van der Waals surface area contributed by atoms with Gasteiger partial charge in [0.1, 0.15) is 69.1 Å². The van der Waals surface area contributed by atoms with Crippen LogP contribution in [0.5, 0.6) is 0 Å². The number of nitrogens with zero attached hydrogens (tertiary/aromatic N) is 19. The smallest absolute Gasteiger partial charge is 0.254 e. The molecule has 16 aromatic rings. The van der Waals surface area contributed by atoms with Crippen LogP contribution in [0.25, 0.3) is 78.4 Å². The van der Waals surface area contributed by atoms with Gasteiger partial charge >= 0.3 is 0 Å². The van der Waals surface area contributed by atoms with E-state index in [0.717, 1.165) is 139 Å². The lowest BCUT2D eigenvalue weighted by atomic mass is 9.99. The van der Waals surface area contributed by atoms with Gasteiger partial charge in [-0.2, -0.15) is 0 Å². The molecule has 5 fully saturated rings. The zero-order chi connectivity index (χ0) is 96.5. The topological polar surface area (TPSA) is 445 Å². The summed E-state index contributed by atoms with van der Waals surface area (Å²) in [7, 11) is 7.93. The lowest BCUT2D eigenvalue weighted by Gasteiger charge is -2.38. The number of aryl methyl sites for hydroxylation is 2. The maximum absolute atomic E-state index is 13.7. The van der Waals surface area contributed by atoms with Crippen molar-refractivity contribution in [3.05, 3.63) is 263 Å². The number of anilines is 12. The van der Waals surface area contributed by atoms with E-state index in [1.165, 1.54) is 24.3 Å². The molecule has 712 valence electrons. The van der Waals surface area contributed by atoms with Crippen LogP contribution in [-0.2, 0) is 65.9 Å². The molecule has 6 amide bonds. The molecule has 13 N–H and O–H groups in total. The Morgan fingerprint density at radius 1 is 0.468 bits per heavy atom. The van der Waals surface area contributed by atoms with E-state index < -0.39 is 0 Å². The molecule has 0 saturated carbocycles. The number of rotatable bonds is 18. The summed E-state index contributed by atoms with van der Waals surface area (Å²) in [6.07, 6.45) is 20.1. The predicted octanol–water partition coefficient (Wildman–Crippen LogP) is 10.3. The fourth-order valence-electron chi connectivity index (χ4n) is 19.9. The first-order chi connectivity index (χ1) is 68.6. The molecule has 9 aliphatic rings. The quantitative estimate of drug-likeness (QED) is 0.0380. The van der Waals surface area contributed by atoms with Crippen LogP contribution in [0.4, 0.5) is 77.8 Å². The van der Waals surface area contributed by atoms with Gasteiger partial charge < -0.3 is 92.6 Å². The van der Waals surface area contributed by atoms with Gasteiger partial charge in [0.15, 0.2) is 0 Å². The molecule has 9 aliphatic heterocycles. The number of nitrogens with two attached hydrogens (primary N) is 2. The minimum absolute atomic E-state index is 0.0481. The van der Waals surface area contributed by atoms with E-state index in [-0.39, 0.29) is 65.3 Å². The molecular formula is C101H96F2N30O8. The van der Waals surface area contributed by atoms with Gasteiger partial charge in [0.2, 0.25) is 11.8 Å². The number of halogens is 2. The fourth-order valence-corrected chi connectivity index (χ4v) is 19.9. The zero-order valence-corrected chi connectivity index (χ0v) is 77.1. The number of carbonyl (C=O) groups excluding carboxylic acids is 6. The van der Waals surface area contributed by atoms with Crippen LogP contribution in [0, 0.1) is 11.6 Å². The highest BCUT2D eigenvalue weighted by Crippen LogP contribution is 2.43. The number of carbonyl (C=O) groups is 6. The summed E-state index contributed by atoms with van der Waals surface area (Å²) in [5.74, 6) is 2.01. The third-order valence-corrected chi connectivity index (χ3v) is 26.6. The van der Waals surface area contributed by atoms with Gasteiger partial charge in [0.25, 0.3) is 23.6 Å². The molecule has 0 radical (unpaired) electrons. The second kappa shape index (κ2) is 37.3. The van der Waals surface area contributed by atoms with E-state index in [1.807, 2.05) is 138 Å². The van der Waals surface area contributed by atoms with Crippen molar-refractivity contribution < 1.29 is 47.0 Å². The Hall–Kier alpha value is -16.7. The number of aromatic nitrogens is 14. The Morgan fingerprint density at radius 2 is 0.957 bits per heavy atom. The largest absolute Gasteiger partial charge is 0.378 e. The van der Waals surface area contributed by atoms with E-state index in [2.05, 4.69) is 110 Å². The number of hydrogen-bond donors (Lipinski definition) is 11. The average molecular weight is 1900 g/mol. The van der Waals surface area contributed by atoms with Crippen LogP contribution in [0.1, 0.15) is 82.2 Å². The molecule has 25 rings (SSSR count). The van der Waals surface area contributed by atoms with Crippen LogP contribution in [0.15, 0.2) is 202 Å². The lowest BCUT2D eigenvalue weighted by Crippen LogP contribution is -2.51. The molecule has 38 nitrogen and oxygen atoms in total. The Balaban J connectivity index is 0.000000108. The highest BCUT2D eigenvalue weighted by Gasteiger charge is 2.39. The maximum Gasteiger partial charge on any atom is 0.254 e. The third-order valence-electron chi connectivity index (χ3n) is 26.6. The molecule has 5 saturated heterocycles. The normalized spacial score (nSPS) is 17.7. The van der Waals surface area contributed by atoms with Crippen LogP contribution in [0.3, 0.4) is 0 Å². The fraction of sp³-hybridized carbons (Fsp3) is 0.248. The molecule has 23 heterocycles. The summed E-state index contributed by atoms with van der Waals surface area (Å²) in [6, 6.07) is 39.8. The Labute approximate surface area is 804 Å². The van der Waals surface area contributed by atoms with Crippen LogP contribution < -0.4 is 78.9 Å². The van der Waals surface area contributed by atoms with E-state index in [4.69, 9.17) is 35.9 Å².